The van der Waals surface area contributed by atoms with Crippen molar-refractivity contribution in [2.75, 3.05) is 47.1 Å². The molecular weight excluding hydrogens is 702 g/mol. The van der Waals surface area contributed by atoms with Crippen LogP contribution in [0, 0.1) is 11.8 Å². The fraction of sp³-hybridized carbons (Fsp3) is 0.463. The fourth-order valence-electron chi connectivity index (χ4n) is 5.79. The zero-order valence-corrected chi connectivity index (χ0v) is 32.8. The van der Waals surface area contributed by atoms with E-state index < -0.39 is 48.1 Å². The van der Waals surface area contributed by atoms with Crippen LogP contribution in [0.1, 0.15) is 38.8 Å². The van der Waals surface area contributed by atoms with Crippen molar-refractivity contribution in [1.29, 1.82) is 0 Å². The Morgan fingerprint density at radius 3 is 1.64 bits per heavy atom. The molecule has 55 heavy (non-hydrogen) atoms. The molecule has 0 fully saturated rings. The Morgan fingerprint density at radius 1 is 0.636 bits per heavy atom. The van der Waals surface area contributed by atoms with Gasteiger partial charge in [0.15, 0.2) is 0 Å². The summed E-state index contributed by atoms with van der Waals surface area (Å²) in [5, 5.41) is 27.3. The van der Waals surface area contributed by atoms with Crippen LogP contribution in [0.5, 0.6) is 0 Å². The van der Waals surface area contributed by atoms with Crippen molar-refractivity contribution in [2.24, 2.45) is 11.8 Å². The molecule has 0 bridgehead atoms. The number of benzene rings is 3. The molecule has 0 unspecified atom stereocenters. The second-order valence-corrected chi connectivity index (χ2v) is 14.0. The van der Waals surface area contributed by atoms with Gasteiger partial charge >= 0.3 is 12.1 Å². The van der Waals surface area contributed by atoms with Gasteiger partial charge in [0, 0.05) is 40.4 Å². The van der Waals surface area contributed by atoms with Crippen molar-refractivity contribution in [3.8, 4) is 11.1 Å². The van der Waals surface area contributed by atoms with Gasteiger partial charge in [0.1, 0.15) is 12.1 Å². The number of nitrogens with one attached hydrogen (secondary N) is 6. The van der Waals surface area contributed by atoms with E-state index >= 15 is 0 Å². The average Bonchev–Trinajstić information content (AvgIpc) is 3.16. The number of amides is 6. The Morgan fingerprint density at radius 2 is 1.13 bits per heavy atom. The van der Waals surface area contributed by atoms with Crippen molar-refractivity contribution in [3.63, 3.8) is 0 Å². The zero-order valence-electron chi connectivity index (χ0n) is 32.8. The number of aliphatic hydroxyl groups is 1. The van der Waals surface area contributed by atoms with Gasteiger partial charge < -0.3 is 41.2 Å². The van der Waals surface area contributed by atoms with Crippen LogP contribution in [-0.2, 0) is 32.0 Å². The number of urea groups is 2. The Kier molecular flexibility index (Phi) is 19.1. The molecule has 3 rings (SSSR count). The minimum absolute atomic E-state index is 0.0912. The van der Waals surface area contributed by atoms with Crippen molar-refractivity contribution in [1.82, 2.24) is 37.0 Å². The van der Waals surface area contributed by atoms with Crippen LogP contribution in [0.15, 0.2) is 84.9 Å². The van der Waals surface area contributed by atoms with Gasteiger partial charge in [-0.2, -0.15) is 0 Å². The van der Waals surface area contributed by atoms with Crippen LogP contribution in [0.4, 0.5) is 9.59 Å². The van der Waals surface area contributed by atoms with Gasteiger partial charge in [-0.3, -0.25) is 15.0 Å². The van der Waals surface area contributed by atoms with Crippen LogP contribution in [-0.4, -0.2) is 105 Å². The largest absolute Gasteiger partial charge is 0.390 e. The van der Waals surface area contributed by atoms with E-state index in [1.165, 1.54) is 14.2 Å². The monoisotopic (exact) mass is 761 g/mol. The highest BCUT2D eigenvalue weighted by Crippen LogP contribution is 2.20. The summed E-state index contributed by atoms with van der Waals surface area (Å²) in [5.41, 5.74) is 6.74. The maximum Gasteiger partial charge on any atom is 0.315 e. The quantitative estimate of drug-likeness (QED) is 0.0602. The first-order valence-electron chi connectivity index (χ1n) is 18.7. The molecule has 0 radical (unpaired) electrons. The van der Waals surface area contributed by atoms with E-state index in [-0.39, 0.29) is 44.4 Å². The second-order valence-electron chi connectivity index (χ2n) is 14.0. The Hall–Kier alpha value is -5.02. The molecule has 6 amide bonds. The number of rotatable bonds is 22. The fourth-order valence-corrected chi connectivity index (χ4v) is 5.79. The standard InChI is InChI=1S/C41H59N7O7/c1-28(2)36(45-40(52)42-21-23-54-5)38(50)44-34(25-30-13-9-7-10-14-30)35(49)27-48(26-31-17-19-33(20-18-31)32-15-11-8-12-16-32)47-39(51)37(29(3)4)46-41(53)43-22-24-55-6/h7-20,28-29,34-37,49H,21-27H2,1-6H3,(H,44,50)(H,47,51)(H2,42,45,52)(H2,43,46,53)/t34-,35-,36-,37-/m0/s1. The topological polar surface area (TPSA) is 182 Å². The number of carbonyl (C=O) groups excluding carboxylic acids is 4. The lowest BCUT2D eigenvalue weighted by Gasteiger charge is -2.33. The van der Waals surface area contributed by atoms with E-state index in [0.29, 0.717) is 13.2 Å². The summed E-state index contributed by atoms with van der Waals surface area (Å²) >= 11 is 0. The number of methoxy groups -OCH3 is 2. The first kappa shape index (κ1) is 44.4. The van der Waals surface area contributed by atoms with Gasteiger partial charge in [0.2, 0.25) is 5.91 Å². The molecule has 0 spiro atoms. The van der Waals surface area contributed by atoms with E-state index in [1.807, 2.05) is 113 Å². The van der Waals surface area contributed by atoms with E-state index in [4.69, 9.17) is 9.47 Å². The number of hydrogen-bond donors (Lipinski definition) is 7. The zero-order chi connectivity index (χ0) is 40.2. The summed E-state index contributed by atoms with van der Waals surface area (Å²) in [5.74, 6) is -1.49. The predicted molar refractivity (Wildman–Crippen MR) is 213 cm³/mol. The van der Waals surface area contributed by atoms with Crippen LogP contribution in [0.3, 0.4) is 0 Å². The van der Waals surface area contributed by atoms with E-state index in [1.54, 1.807) is 5.01 Å². The summed E-state index contributed by atoms with van der Waals surface area (Å²) in [4.78, 5) is 52.9. The lowest BCUT2D eigenvalue weighted by molar-refractivity contribution is -0.131. The molecule has 0 saturated carbocycles. The normalized spacial score (nSPS) is 13.4. The third-order valence-electron chi connectivity index (χ3n) is 8.86. The van der Waals surface area contributed by atoms with Crippen LogP contribution >= 0.6 is 0 Å². The third kappa shape index (κ3) is 15.7. The lowest BCUT2D eigenvalue weighted by atomic mass is 9.98. The van der Waals surface area contributed by atoms with Crippen molar-refractivity contribution < 1.29 is 33.8 Å². The smallest absolute Gasteiger partial charge is 0.315 e. The molecule has 7 N–H and O–H groups in total. The highest BCUT2D eigenvalue weighted by molar-refractivity contribution is 5.88. The first-order valence-corrected chi connectivity index (χ1v) is 18.7. The van der Waals surface area contributed by atoms with Gasteiger partial charge in [-0.25, -0.2) is 14.6 Å². The highest BCUT2D eigenvalue weighted by atomic mass is 16.5. The third-order valence-corrected chi connectivity index (χ3v) is 8.86. The van der Waals surface area contributed by atoms with E-state index in [2.05, 4.69) is 32.0 Å². The first-order chi connectivity index (χ1) is 26.4. The van der Waals surface area contributed by atoms with Crippen LogP contribution in [0.25, 0.3) is 11.1 Å². The van der Waals surface area contributed by atoms with Gasteiger partial charge in [-0.05, 0) is 40.5 Å². The molecule has 0 aromatic heterocycles. The summed E-state index contributed by atoms with van der Waals surface area (Å²) in [6, 6.07) is 23.6. The predicted octanol–water partition coefficient (Wildman–Crippen LogP) is 3.22. The summed E-state index contributed by atoms with van der Waals surface area (Å²) in [7, 11) is 3.06. The number of nitrogens with zero attached hydrogens (tertiary/aromatic N) is 1. The maximum absolute atomic E-state index is 13.8. The SMILES string of the molecule is COCCNC(=O)N[C@H](C(=O)N[C@@H](Cc1ccccc1)[C@@H](O)CN(Cc1ccc(-c2ccccc2)cc1)NC(=O)[C@@H](NC(=O)NCCOC)C(C)C)C(C)C. The molecule has 0 aliphatic heterocycles. The van der Waals surface area contributed by atoms with Gasteiger partial charge in [-0.1, -0.05) is 113 Å². The number of hydrogen-bond acceptors (Lipinski definition) is 8. The summed E-state index contributed by atoms with van der Waals surface area (Å²) in [6.45, 7) is 8.57. The van der Waals surface area contributed by atoms with Gasteiger partial charge in [0.25, 0.3) is 5.91 Å². The number of hydrazine groups is 1. The molecule has 300 valence electrons. The van der Waals surface area contributed by atoms with E-state index in [0.717, 1.165) is 22.3 Å². The Balaban J connectivity index is 1.89. The van der Waals surface area contributed by atoms with Crippen molar-refractivity contribution >= 4 is 23.9 Å². The molecule has 3 aromatic rings. The number of ether oxygens (including phenoxy) is 2. The minimum atomic E-state index is -1.20. The molecular formula is C41H59N7O7. The van der Waals surface area contributed by atoms with E-state index in [9.17, 15) is 24.3 Å². The molecule has 0 aliphatic carbocycles. The summed E-state index contributed by atoms with van der Waals surface area (Å²) < 4.78 is 10.0. The second kappa shape index (κ2) is 23.7. The van der Waals surface area contributed by atoms with Crippen molar-refractivity contribution in [2.45, 2.75) is 64.9 Å². The Bertz CT molecular complexity index is 1590. The molecule has 0 heterocycles. The molecule has 14 nitrogen and oxygen atoms in total. The molecule has 14 heteroatoms. The number of carbonyl (C=O) groups is 4. The number of aliphatic hydroxyl groups excluding tert-OH is 1. The van der Waals surface area contributed by atoms with Gasteiger partial charge in [-0.15, -0.1) is 0 Å². The molecule has 0 aliphatic rings. The highest BCUT2D eigenvalue weighted by Gasteiger charge is 2.32. The molecule has 3 aromatic carbocycles. The summed E-state index contributed by atoms with van der Waals surface area (Å²) in [6.07, 6.45) is -0.927. The van der Waals surface area contributed by atoms with Crippen molar-refractivity contribution in [3.05, 3.63) is 96.1 Å². The van der Waals surface area contributed by atoms with Crippen LogP contribution < -0.4 is 32.0 Å². The average molecular weight is 762 g/mol. The minimum Gasteiger partial charge on any atom is -0.390 e. The molecule has 4 atom stereocenters. The Labute approximate surface area is 325 Å². The van der Waals surface area contributed by atoms with Crippen LogP contribution in [0.2, 0.25) is 0 Å². The molecule has 0 saturated heterocycles. The lowest BCUT2D eigenvalue weighted by Crippen LogP contribution is -2.60. The maximum atomic E-state index is 13.8. The van der Waals surface area contributed by atoms with Gasteiger partial charge in [0.05, 0.1) is 25.4 Å².